The zero-order valence-electron chi connectivity index (χ0n) is 12.8. The van der Waals surface area contributed by atoms with Gasteiger partial charge in [-0.3, -0.25) is 4.79 Å². The highest BCUT2D eigenvalue weighted by Crippen LogP contribution is 2.25. The summed E-state index contributed by atoms with van der Waals surface area (Å²) < 4.78 is 34.5. The summed E-state index contributed by atoms with van der Waals surface area (Å²) >= 11 is 0. The Morgan fingerprint density at radius 1 is 1.13 bits per heavy atom. The van der Waals surface area contributed by atoms with Gasteiger partial charge in [-0.2, -0.15) is 8.78 Å². The number of benzene rings is 2. The third-order valence-corrected chi connectivity index (χ3v) is 3.08. The Morgan fingerprint density at radius 3 is 2.61 bits per heavy atom. The predicted molar refractivity (Wildman–Crippen MR) is 83.1 cm³/mol. The van der Waals surface area contributed by atoms with Crippen molar-refractivity contribution >= 4 is 11.6 Å². The molecule has 122 valence electrons. The molecule has 23 heavy (non-hydrogen) atoms. The quantitative estimate of drug-likeness (QED) is 0.877. The number of hydrogen-bond donors (Lipinski definition) is 1. The van der Waals surface area contributed by atoms with E-state index in [0.717, 1.165) is 11.1 Å². The molecular weight excluding hydrogens is 304 g/mol. The van der Waals surface area contributed by atoms with E-state index in [1.54, 1.807) is 12.1 Å². The van der Waals surface area contributed by atoms with Gasteiger partial charge in [-0.1, -0.05) is 24.3 Å². The summed E-state index contributed by atoms with van der Waals surface area (Å²) in [6.07, 6.45) is 0. The molecule has 0 bridgehead atoms. The van der Waals surface area contributed by atoms with E-state index in [0.29, 0.717) is 5.75 Å². The highest BCUT2D eigenvalue weighted by molar-refractivity contribution is 5.93. The van der Waals surface area contributed by atoms with Crippen molar-refractivity contribution in [1.29, 1.82) is 0 Å². The summed E-state index contributed by atoms with van der Waals surface area (Å²) in [7, 11) is 0. The monoisotopic (exact) mass is 321 g/mol. The van der Waals surface area contributed by atoms with E-state index in [1.807, 2.05) is 32.0 Å². The second-order valence-electron chi connectivity index (χ2n) is 4.98. The van der Waals surface area contributed by atoms with Crippen LogP contribution in [0.1, 0.15) is 11.1 Å². The van der Waals surface area contributed by atoms with Gasteiger partial charge in [0.05, 0.1) is 5.69 Å². The Bertz CT molecular complexity index is 689. The lowest BCUT2D eigenvalue weighted by molar-refractivity contribution is -0.118. The number of alkyl halides is 2. The first-order valence-electron chi connectivity index (χ1n) is 6.99. The number of anilines is 1. The normalized spacial score (nSPS) is 10.5. The molecule has 0 aromatic heterocycles. The highest BCUT2D eigenvalue weighted by Gasteiger charge is 2.12. The fraction of sp³-hybridized carbons (Fsp3) is 0.235. The fourth-order valence-electron chi connectivity index (χ4n) is 1.96. The minimum absolute atomic E-state index is 0.0948. The molecule has 0 fully saturated rings. The minimum Gasteiger partial charge on any atom is -0.483 e. The van der Waals surface area contributed by atoms with Gasteiger partial charge in [0.15, 0.2) is 6.61 Å². The predicted octanol–water partition coefficient (Wildman–Crippen LogP) is 3.92. The number of aryl methyl sites for hydroxylation is 2. The van der Waals surface area contributed by atoms with Gasteiger partial charge in [-0.15, -0.1) is 0 Å². The number of nitrogens with one attached hydrogen (secondary N) is 1. The second kappa shape index (κ2) is 7.58. The van der Waals surface area contributed by atoms with Crippen molar-refractivity contribution in [3.8, 4) is 11.5 Å². The molecule has 0 heterocycles. The number of para-hydroxylation sites is 2. The van der Waals surface area contributed by atoms with Gasteiger partial charge in [0.2, 0.25) is 0 Å². The van der Waals surface area contributed by atoms with E-state index >= 15 is 0 Å². The van der Waals surface area contributed by atoms with Crippen molar-refractivity contribution in [1.82, 2.24) is 0 Å². The summed E-state index contributed by atoms with van der Waals surface area (Å²) in [6.45, 7) is 0.607. The lowest BCUT2D eigenvalue weighted by atomic mass is 10.1. The Hall–Kier alpha value is -2.63. The summed E-state index contributed by atoms with van der Waals surface area (Å²) in [6, 6.07) is 11.7. The van der Waals surface area contributed by atoms with Gasteiger partial charge in [0, 0.05) is 0 Å². The zero-order chi connectivity index (χ0) is 16.8. The number of rotatable bonds is 6. The van der Waals surface area contributed by atoms with Crippen LogP contribution in [0, 0.1) is 13.8 Å². The molecule has 0 saturated heterocycles. The van der Waals surface area contributed by atoms with E-state index in [-0.39, 0.29) is 18.0 Å². The third-order valence-electron chi connectivity index (χ3n) is 3.08. The minimum atomic E-state index is -2.96. The van der Waals surface area contributed by atoms with Crippen molar-refractivity contribution in [2.75, 3.05) is 11.9 Å². The molecule has 0 atom stereocenters. The van der Waals surface area contributed by atoms with Crippen LogP contribution in [0.4, 0.5) is 14.5 Å². The van der Waals surface area contributed by atoms with Crippen LogP contribution in [0.15, 0.2) is 42.5 Å². The molecule has 0 spiro atoms. The molecule has 0 aliphatic rings. The maximum atomic E-state index is 12.3. The molecule has 0 unspecified atom stereocenters. The molecule has 4 nitrogen and oxygen atoms in total. The molecule has 0 aliphatic heterocycles. The number of halogens is 2. The maximum absolute atomic E-state index is 12.3. The van der Waals surface area contributed by atoms with Gasteiger partial charge < -0.3 is 14.8 Å². The van der Waals surface area contributed by atoms with E-state index < -0.39 is 12.5 Å². The molecule has 1 amide bonds. The standard InChI is InChI=1S/C17H17F2NO3/c1-11-7-8-12(2)15(9-11)22-10-16(21)20-13-5-3-4-6-14(13)23-17(18)19/h3-9,17H,10H2,1-2H3,(H,20,21). The number of ether oxygens (including phenoxy) is 2. The number of carbonyl (C=O) groups is 1. The first kappa shape index (κ1) is 16.7. The summed E-state index contributed by atoms with van der Waals surface area (Å²) in [5, 5.41) is 2.50. The number of carbonyl (C=O) groups excluding carboxylic acids is 1. The number of hydrogen-bond acceptors (Lipinski definition) is 3. The van der Waals surface area contributed by atoms with E-state index in [9.17, 15) is 13.6 Å². The second-order valence-corrected chi connectivity index (χ2v) is 4.98. The van der Waals surface area contributed by atoms with Crippen molar-refractivity contribution in [2.24, 2.45) is 0 Å². The van der Waals surface area contributed by atoms with Crippen molar-refractivity contribution in [3.63, 3.8) is 0 Å². The Labute approximate surface area is 133 Å². The highest BCUT2D eigenvalue weighted by atomic mass is 19.3. The van der Waals surface area contributed by atoms with Crippen LogP contribution in [0.2, 0.25) is 0 Å². The third kappa shape index (κ3) is 4.95. The van der Waals surface area contributed by atoms with Crippen LogP contribution in [-0.4, -0.2) is 19.1 Å². The average molecular weight is 321 g/mol. The molecular formula is C17H17F2NO3. The first-order chi connectivity index (χ1) is 11.0. The van der Waals surface area contributed by atoms with Gasteiger partial charge in [-0.25, -0.2) is 0 Å². The summed E-state index contributed by atoms with van der Waals surface area (Å²) in [5.74, 6) is 0.0519. The molecule has 0 radical (unpaired) electrons. The Kier molecular flexibility index (Phi) is 5.51. The van der Waals surface area contributed by atoms with Gasteiger partial charge in [0.25, 0.3) is 5.91 Å². The SMILES string of the molecule is Cc1ccc(C)c(OCC(=O)Nc2ccccc2OC(F)F)c1. The van der Waals surface area contributed by atoms with E-state index in [4.69, 9.17) is 4.74 Å². The fourth-order valence-corrected chi connectivity index (χ4v) is 1.96. The smallest absolute Gasteiger partial charge is 0.387 e. The lowest BCUT2D eigenvalue weighted by Gasteiger charge is -2.13. The van der Waals surface area contributed by atoms with Gasteiger partial charge in [-0.05, 0) is 43.2 Å². The van der Waals surface area contributed by atoms with E-state index in [1.165, 1.54) is 12.1 Å². The van der Waals surface area contributed by atoms with Crippen LogP contribution in [0.3, 0.4) is 0 Å². The molecule has 0 saturated carbocycles. The van der Waals surface area contributed by atoms with Crippen LogP contribution < -0.4 is 14.8 Å². The summed E-state index contributed by atoms with van der Waals surface area (Å²) in [5.41, 5.74) is 2.09. The lowest BCUT2D eigenvalue weighted by Crippen LogP contribution is -2.21. The topological polar surface area (TPSA) is 47.6 Å². The largest absolute Gasteiger partial charge is 0.483 e. The van der Waals surface area contributed by atoms with Crippen LogP contribution >= 0.6 is 0 Å². The average Bonchev–Trinajstić information content (AvgIpc) is 2.50. The van der Waals surface area contributed by atoms with Gasteiger partial charge in [0.1, 0.15) is 11.5 Å². The molecule has 0 aliphatic carbocycles. The molecule has 2 aromatic carbocycles. The Morgan fingerprint density at radius 2 is 1.87 bits per heavy atom. The molecule has 6 heteroatoms. The van der Waals surface area contributed by atoms with E-state index in [2.05, 4.69) is 10.1 Å². The van der Waals surface area contributed by atoms with Crippen molar-refractivity contribution in [3.05, 3.63) is 53.6 Å². The molecule has 1 N–H and O–H groups in total. The maximum Gasteiger partial charge on any atom is 0.387 e. The van der Waals surface area contributed by atoms with Gasteiger partial charge >= 0.3 is 6.61 Å². The molecule has 2 rings (SSSR count). The van der Waals surface area contributed by atoms with Crippen molar-refractivity contribution < 1.29 is 23.0 Å². The first-order valence-corrected chi connectivity index (χ1v) is 6.99. The summed E-state index contributed by atoms with van der Waals surface area (Å²) in [4.78, 5) is 11.9. The number of amides is 1. The van der Waals surface area contributed by atoms with Crippen molar-refractivity contribution in [2.45, 2.75) is 20.5 Å². The Balaban J connectivity index is 1.99. The van der Waals surface area contributed by atoms with Crippen LogP contribution in [-0.2, 0) is 4.79 Å². The zero-order valence-corrected chi connectivity index (χ0v) is 12.8. The van der Waals surface area contributed by atoms with Crippen LogP contribution in [0.5, 0.6) is 11.5 Å². The molecule has 2 aromatic rings. The van der Waals surface area contributed by atoms with Crippen LogP contribution in [0.25, 0.3) is 0 Å².